The van der Waals surface area contributed by atoms with Crippen molar-refractivity contribution < 1.29 is 19.0 Å². The highest BCUT2D eigenvalue weighted by Crippen LogP contribution is 2.38. The monoisotopic (exact) mass is 560 g/mol. The van der Waals surface area contributed by atoms with Crippen LogP contribution in [-0.2, 0) is 9.53 Å². The van der Waals surface area contributed by atoms with Gasteiger partial charge >= 0.3 is 5.97 Å². The Morgan fingerprint density at radius 1 is 1.03 bits per heavy atom. The van der Waals surface area contributed by atoms with E-state index >= 15 is 0 Å². The van der Waals surface area contributed by atoms with E-state index in [1.807, 2.05) is 54.6 Å². The molecule has 5 rings (SSSR count). The fraction of sp³-hybridized carbons (Fsp3) is 0.167. The van der Waals surface area contributed by atoms with Crippen molar-refractivity contribution >= 4 is 40.7 Å². The Morgan fingerprint density at radius 3 is 2.44 bits per heavy atom. The van der Waals surface area contributed by atoms with Crippen molar-refractivity contribution in [3.8, 4) is 11.5 Å². The quantitative estimate of drug-likeness (QED) is 0.309. The average molecular weight is 561 g/mol. The van der Waals surface area contributed by atoms with Gasteiger partial charge in [0.2, 0.25) is 0 Å². The Balaban J connectivity index is 1.86. The van der Waals surface area contributed by atoms with Crippen LogP contribution >= 0.6 is 22.9 Å². The summed E-state index contributed by atoms with van der Waals surface area (Å²) in [4.78, 5) is 32.8. The van der Waals surface area contributed by atoms with E-state index in [0.717, 1.165) is 5.56 Å². The van der Waals surface area contributed by atoms with Crippen LogP contribution in [0.1, 0.15) is 29.7 Å². The second kappa shape index (κ2) is 11.3. The van der Waals surface area contributed by atoms with E-state index in [1.165, 1.54) is 23.0 Å². The lowest BCUT2D eigenvalue weighted by atomic mass is 9.93. The number of esters is 1. The summed E-state index contributed by atoms with van der Waals surface area (Å²) in [5.74, 6) is 0.437. The topological polar surface area (TPSA) is 79.1 Å². The molecule has 1 aromatic heterocycles. The van der Waals surface area contributed by atoms with Crippen molar-refractivity contribution in [2.24, 2.45) is 4.99 Å². The highest BCUT2D eigenvalue weighted by atomic mass is 35.5. The Labute approximate surface area is 233 Å². The summed E-state index contributed by atoms with van der Waals surface area (Å²) in [5.41, 5.74) is 2.48. The molecule has 1 aliphatic rings. The number of hydrogen-bond acceptors (Lipinski definition) is 7. The maximum absolute atomic E-state index is 14.0. The highest BCUT2D eigenvalue weighted by Gasteiger charge is 2.35. The Hall–Kier alpha value is -4.14. The third-order valence-electron chi connectivity index (χ3n) is 6.29. The highest BCUT2D eigenvalue weighted by molar-refractivity contribution is 7.07. The van der Waals surface area contributed by atoms with Gasteiger partial charge in [0.05, 0.1) is 42.7 Å². The minimum Gasteiger partial charge on any atom is -0.493 e. The molecule has 0 spiro atoms. The minimum atomic E-state index is -0.830. The molecule has 0 fully saturated rings. The molecule has 0 saturated carbocycles. The first-order valence-electron chi connectivity index (χ1n) is 12.2. The van der Waals surface area contributed by atoms with Crippen molar-refractivity contribution in [3.05, 3.63) is 120 Å². The van der Waals surface area contributed by atoms with Crippen molar-refractivity contribution in [2.75, 3.05) is 20.8 Å². The van der Waals surface area contributed by atoms with Crippen LogP contribution in [0.15, 0.2) is 88.2 Å². The van der Waals surface area contributed by atoms with Gasteiger partial charge in [0.1, 0.15) is 0 Å². The van der Waals surface area contributed by atoms with Crippen LogP contribution in [-0.4, -0.2) is 31.4 Å². The SMILES string of the molecule is CCOC(=O)C1=C(c2ccccc2)N=c2s/c(=C/c3ccccc3Cl)c(=O)n2[C@@H]1c1ccc(OC)c(OC)c1. The van der Waals surface area contributed by atoms with Crippen LogP contribution in [0.4, 0.5) is 0 Å². The molecule has 2 heterocycles. The van der Waals surface area contributed by atoms with E-state index in [2.05, 4.69) is 0 Å². The molecule has 1 aliphatic heterocycles. The van der Waals surface area contributed by atoms with Gasteiger partial charge in [-0.1, -0.05) is 77.5 Å². The molecule has 39 heavy (non-hydrogen) atoms. The molecule has 4 aromatic rings. The lowest BCUT2D eigenvalue weighted by Crippen LogP contribution is -2.40. The molecule has 9 heteroatoms. The summed E-state index contributed by atoms with van der Waals surface area (Å²) in [6.45, 7) is 1.91. The van der Waals surface area contributed by atoms with Gasteiger partial charge in [-0.3, -0.25) is 9.36 Å². The largest absolute Gasteiger partial charge is 0.493 e. The number of carbonyl (C=O) groups excluding carboxylic acids is 1. The average Bonchev–Trinajstić information content (AvgIpc) is 3.27. The third-order valence-corrected chi connectivity index (χ3v) is 7.62. The second-order valence-corrected chi connectivity index (χ2v) is 9.98. The van der Waals surface area contributed by atoms with Gasteiger partial charge in [0.15, 0.2) is 16.3 Å². The van der Waals surface area contributed by atoms with Gasteiger partial charge in [0, 0.05) is 10.6 Å². The second-order valence-electron chi connectivity index (χ2n) is 8.57. The number of ether oxygens (including phenoxy) is 3. The van der Waals surface area contributed by atoms with Gasteiger partial charge in [0.25, 0.3) is 5.56 Å². The zero-order chi connectivity index (χ0) is 27.5. The predicted molar refractivity (Wildman–Crippen MR) is 152 cm³/mol. The minimum absolute atomic E-state index is 0.167. The third kappa shape index (κ3) is 5.01. The predicted octanol–water partition coefficient (Wildman–Crippen LogP) is 4.61. The van der Waals surface area contributed by atoms with E-state index in [9.17, 15) is 9.59 Å². The Bertz CT molecular complexity index is 1760. The van der Waals surface area contributed by atoms with Crippen LogP contribution in [0.3, 0.4) is 0 Å². The van der Waals surface area contributed by atoms with Crippen molar-refractivity contribution in [2.45, 2.75) is 13.0 Å². The number of benzene rings is 3. The van der Waals surface area contributed by atoms with Gasteiger partial charge in [-0.25, -0.2) is 9.79 Å². The molecule has 0 unspecified atom stereocenters. The van der Waals surface area contributed by atoms with Gasteiger partial charge in [-0.05, 0) is 42.3 Å². The molecule has 0 amide bonds. The summed E-state index contributed by atoms with van der Waals surface area (Å²) in [6.07, 6.45) is 1.74. The fourth-order valence-electron chi connectivity index (χ4n) is 4.51. The van der Waals surface area contributed by atoms with Crippen molar-refractivity contribution in [3.63, 3.8) is 0 Å². The number of methoxy groups -OCH3 is 2. The summed E-state index contributed by atoms with van der Waals surface area (Å²) >= 11 is 7.62. The summed E-state index contributed by atoms with van der Waals surface area (Å²) in [7, 11) is 3.08. The molecule has 0 radical (unpaired) electrons. The molecule has 0 bridgehead atoms. The standard InChI is InChI=1S/C30H25ClN2O5S/c1-4-38-29(35)25-26(18-10-6-5-7-11-18)32-30-33(27(25)20-14-15-22(36-2)23(16-20)37-3)28(34)24(39-30)17-19-12-8-9-13-21(19)31/h5-17,27H,4H2,1-3H3/b24-17+/t27-/m1/s1. The van der Waals surface area contributed by atoms with E-state index in [1.54, 1.807) is 38.3 Å². The number of hydrogen-bond donors (Lipinski definition) is 0. The first kappa shape index (κ1) is 26.5. The van der Waals surface area contributed by atoms with Crippen LogP contribution in [0.25, 0.3) is 11.8 Å². The molecule has 0 N–H and O–H groups in total. The zero-order valence-corrected chi connectivity index (χ0v) is 23.1. The Morgan fingerprint density at radius 2 is 1.74 bits per heavy atom. The van der Waals surface area contributed by atoms with E-state index < -0.39 is 12.0 Å². The molecule has 1 atom stereocenters. The normalized spacial score (nSPS) is 15.0. The number of rotatable bonds is 7. The van der Waals surface area contributed by atoms with Gasteiger partial charge in [-0.15, -0.1) is 0 Å². The lowest BCUT2D eigenvalue weighted by Gasteiger charge is -2.26. The van der Waals surface area contributed by atoms with Crippen LogP contribution in [0.5, 0.6) is 11.5 Å². The molecular weight excluding hydrogens is 536 g/mol. The first-order valence-corrected chi connectivity index (χ1v) is 13.4. The number of halogens is 1. The number of nitrogens with zero attached hydrogens (tertiary/aromatic N) is 2. The fourth-order valence-corrected chi connectivity index (χ4v) is 5.69. The molecule has 198 valence electrons. The molecule has 7 nitrogen and oxygen atoms in total. The van der Waals surface area contributed by atoms with Crippen molar-refractivity contribution in [1.29, 1.82) is 0 Å². The lowest BCUT2D eigenvalue weighted by molar-refractivity contribution is -0.138. The summed E-state index contributed by atoms with van der Waals surface area (Å²) in [5, 5.41) is 0.525. The number of fused-ring (bicyclic) bond motifs is 1. The smallest absolute Gasteiger partial charge is 0.338 e. The van der Waals surface area contributed by atoms with Gasteiger partial charge in [-0.2, -0.15) is 0 Å². The first-order chi connectivity index (χ1) is 19.0. The maximum Gasteiger partial charge on any atom is 0.338 e. The van der Waals surface area contributed by atoms with Crippen LogP contribution in [0.2, 0.25) is 5.02 Å². The molecule has 3 aromatic carbocycles. The zero-order valence-electron chi connectivity index (χ0n) is 21.5. The van der Waals surface area contributed by atoms with E-state index in [4.69, 9.17) is 30.8 Å². The van der Waals surface area contributed by atoms with Crippen molar-refractivity contribution in [1.82, 2.24) is 4.57 Å². The Kier molecular flexibility index (Phi) is 7.67. The summed E-state index contributed by atoms with van der Waals surface area (Å²) < 4.78 is 18.5. The molecule has 0 saturated heterocycles. The van der Waals surface area contributed by atoms with E-state index in [-0.39, 0.29) is 17.7 Å². The van der Waals surface area contributed by atoms with Gasteiger partial charge < -0.3 is 14.2 Å². The molecule has 0 aliphatic carbocycles. The van der Waals surface area contributed by atoms with E-state index in [0.29, 0.717) is 42.7 Å². The maximum atomic E-state index is 14.0. The summed E-state index contributed by atoms with van der Waals surface area (Å²) in [6, 6.07) is 21.2. The number of carbonyl (C=O) groups is 1. The number of thiazole rings is 1. The molecular formula is C30H25ClN2O5S. The number of aromatic nitrogens is 1. The van der Waals surface area contributed by atoms with Crippen LogP contribution in [0, 0.1) is 0 Å². The van der Waals surface area contributed by atoms with Crippen LogP contribution < -0.4 is 24.4 Å².